The van der Waals surface area contributed by atoms with Crippen LogP contribution in [0.4, 0.5) is 10.1 Å². The van der Waals surface area contributed by atoms with Crippen molar-refractivity contribution in [1.29, 1.82) is 0 Å². The first kappa shape index (κ1) is 13.6. The monoisotopic (exact) mass is 299 g/mol. The van der Waals surface area contributed by atoms with E-state index in [2.05, 4.69) is 5.32 Å². The van der Waals surface area contributed by atoms with E-state index in [1.807, 2.05) is 0 Å². The summed E-state index contributed by atoms with van der Waals surface area (Å²) in [6.45, 7) is 0. The number of carbonyl (C=O) groups is 1. The molecule has 0 unspecified atom stereocenters. The summed E-state index contributed by atoms with van der Waals surface area (Å²) < 4.78 is 13.2. The maximum Gasteiger partial charge on any atom is 0.257 e. The number of halogens is 3. The number of aromatic hydroxyl groups is 1. The summed E-state index contributed by atoms with van der Waals surface area (Å²) in [5, 5.41) is 11.9. The molecule has 19 heavy (non-hydrogen) atoms. The minimum Gasteiger partial charge on any atom is -0.508 e. The van der Waals surface area contributed by atoms with Crippen molar-refractivity contribution < 1.29 is 14.3 Å². The molecule has 0 aromatic heterocycles. The van der Waals surface area contributed by atoms with E-state index in [-0.39, 0.29) is 27.0 Å². The second-order valence-electron chi connectivity index (χ2n) is 3.75. The third-order valence-electron chi connectivity index (χ3n) is 2.37. The first-order chi connectivity index (χ1) is 8.97. The number of phenolic OH excluding ortho intramolecular Hbond substituents is 1. The van der Waals surface area contributed by atoms with Crippen LogP contribution in [-0.4, -0.2) is 11.0 Å². The van der Waals surface area contributed by atoms with Crippen molar-refractivity contribution in [2.75, 3.05) is 5.32 Å². The van der Waals surface area contributed by atoms with Gasteiger partial charge in [0.15, 0.2) is 0 Å². The summed E-state index contributed by atoms with van der Waals surface area (Å²) in [5.74, 6) is -1.28. The first-order valence-corrected chi connectivity index (χ1v) is 5.98. The second-order valence-corrected chi connectivity index (χ2v) is 4.56. The number of amides is 1. The van der Waals surface area contributed by atoms with Crippen LogP contribution in [0.2, 0.25) is 10.0 Å². The summed E-state index contributed by atoms with van der Waals surface area (Å²) in [7, 11) is 0. The summed E-state index contributed by atoms with van der Waals surface area (Å²) in [5.41, 5.74) is 0.336. The lowest BCUT2D eigenvalue weighted by molar-refractivity contribution is 0.102. The smallest absolute Gasteiger partial charge is 0.257 e. The molecule has 2 N–H and O–H groups in total. The Morgan fingerprint density at radius 3 is 2.47 bits per heavy atom. The molecule has 1 amide bonds. The van der Waals surface area contributed by atoms with Crippen molar-refractivity contribution in [2.45, 2.75) is 0 Å². The van der Waals surface area contributed by atoms with Crippen molar-refractivity contribution in [2.24, 2.45) is 0 Å². The fourth-order valence-corrected chi connectivity index (χ4v) is 1.78. The molecule has 0 spiro atoms. The van der Waals surface area contributed by atoms with E-state index in [1.54, 1.807) is 0 Å². The Balaban J connectivity index is 2.25. The van der Waals surface area contributed by atoms with Gasteiger partial charge in [-0.05, 0) is 36.4 Å². The van der Waals surface area contributed by atoms with Gasteiger partial charge < -0.3 is 10.4 Å². The zero-order chi connectivity index (χ0) is 14.0. The molecule has 0 saturated carbocycles. The molecule has 0 fully saturated rings. The quantitative estimate of drug-likeness (QED) is 0.877. The third kappa shape index (κ3) is 3.16. The maximum atomic E-state index is 13.2. The largest absolute Gasteiger partial charge is 0.508 e. The van der Waals surface area contributed by atoms with Crippen LogP contribution in [0.15, 0.2) is 36.4 Å². The fourth-order valence-electron chi connectivity index (χ4n) is 1.46. The molecule has 2 aromatic rings. The Hall–Kier alpha value is -1.78. The molecule has 2 rings (SSSR count). The van der Waals surface area contributed by atoms with E-state index in [4.69, 9.17) is 23.2 Å². The molecule has 2 aromatic carbocycles. The highest BCUT2D eigenvalue weighted by Gasteiger charge is 2.12. The van der Waals surface area contributed by atoms with E-state index in [9.17, 15) is 14.3 Å². The van der Waals surface area contributed by atoms with Gasteiger partial charge in [-0.2, -0.15) is 0 Å². The Morgan fingerprint density at radius 1 is 1.11 bits per heavy atom. The topological polar surface area (TPSA) is 49.3 Å². The van der Waals surface area contributed by atoms with Gasteiger partial charge in [0.2, 0.25) is 0 Å². The van der Waals surface area contributed by atoms with Crippen molar-refractivity contribution in [3.8, 4) is 5.75 Å². The van der Waals surface area contributed by atoms with Crippen LogP contribution in [0, 0.1) is 5.82 Å². The van der Waals surface area contributed by atoms with Crippen LogP contribution in [0.3, 0.4) is 0 Å². The SMILES string of the molecule is O=C(Nc1ccc(Cl)c(F)c1)c1cc(O)ccc1Cl. The Labute approximate surface area is 118 Å². The number of hydrogen-bond acceptors (Lipinski definition) is 2. The number of benzene rings is 2. The Bertz CT molecular complexity index is 647. The average molecular weight is 300 g/mol. The van der Waals surface area contributed by atoms with Gasteiger partial charge in [0, 0.05) is 5.69 Å². The summed E-state index contributed by atoms with van der Waals surface area (Å²) in [6.07, 6.45) is 0. The predicted molar refractivity (Wildman–Crippen MR) is 72.5 cm³/mol. The molecular formula is C13H8Cl2FNO2. The lowest BCUT2D eigenvalue weighted by Crippen LogP contribution is -2.12. The van der Waals surface area contributed by atoms with Crippen LogP contribution in [0.5, 0.6) is 5.75 Å². The lowest BCUT2D eigenvalue weighted by atomic mass is 10.2. The van der Waals surface area contributed by atoms with Crippen LogP contribution in [0.25, 0.3) is 0 Å². The van der Waals surface area contributed by atoms with Gasteiger partial charge in [-0.15, -0.1) is 0 Å². The molecule has 3 nitrogen and oxygen atoms in total. The van der Waals surface area contributed by atoms with Crippen LogP contribution in [0.1, 0.15) is 10.4 Å². The number of phenols is 1. The Morgan fingerprint density at radius 2 is 1.79 bits per heavy atom. The molecular weight excluding hydrogens is 292 g/mol. The van der Waals surface area contributed by atoms with E-state index >= 15 is 0 Å². The van der Waals surface area contributed by atoms with Crippen LogP contribution < -0.4 is 5.32 Å². The molecule has 0 atom stereocenters. The standard InChI is InChI=1S/C13H8Cl2FNO2/c14-10-4-2-8(18)6-9(10)13(19)17-7-1-3-11(15)12(16)5-7/h1-6,18H,(H,17,19). The first-order valence-electron chi connectivity index (χ1n) is 5.22. The summed E-state index contributed by atoms with van der Waals surface area (Å²) in [6, 6.07) is 7.87. The maximum absolute atomic E-state index is 13.2. The molecule has 0 aliphatic carbocycles. The van der Waals surface area contributed by atoms with Gasteiger partial charge in [-0.3, -0.25) is 4.79 Å². The van der Waals surface area contributed by atoms with Crippen molar-refractivity contribution in [3.05, 3.63) is 57.8 Å². The minimum absolute atomic E-state index is 0.0339. The van der Waals surface area contributed by atoms with E-state index in [0.717, 1.165) is 6.07 Å². The van der Waals surface area contributed by atoms with Gasteiger partial charge in [-0.25, -0.2) is 4.39 Å². The van der Waals surface area contributed by atoms with Crippen molar-refractivity contribution in [3.63, 3.8) is 0 Å². The number of anilines is 1. The van der Waals surface area contributed by atoms with Gasteiger partial charge in [0.25, 0.3) is 5.91 Å². The summed E-state index contributed by atoms with van der Waals surface area (Å²) in [4.78, 5) is 11.9. The zero-order valence-corrected chi connectivity index (χ0v) is 11.0. The van der Waals surface area contributed by atoms with Gasteiger partial charge >= 0.3 is 0 Å². The number of carbonyl (C=O) groups excluding carboxylic acids is 1. The van der Waals surface area contributed by atoms with Crippen molar-refractivity contribution >= 4 is 34.8 Å². The highest BCUT2D eigenvalue weighted by molar-refractivity contribution is 6.34. The number of hydrogen-bond donors (Lipinski definition) is 2. The highest BCUT2D eigenvalue weighted by Crippen LogP contribution is 2.23. The third-order valence-corrected chi connectivity index (χ3v) is 3.01. The molecule has 0 radical (unpaired) electrons. The fraction of sp³-hybridized carbons (Fsp3) is 0. The number of nitrogens with one attached hydrogen (secondary N) is 1. The van der Waals surface area contributed by atoms with E-state index < -0.39 is 11.7 Å². The van der Waals surface area contributed by atoms with Crippen molar-refractivity contribution in [1.82, 2.24) is 0 Å². The molecule has 6 heteroatoms. The molecule has 98 valence electrons. The highest BCUT2D eigenvalue weighted by atomic mass is 35.5. The normalized spacial score (nSPS) is 10.3. The van der Waals surface area contributed by atoms with E-state index in [1.165, 1.54) is 30.3 Å². The zero-order valence-electron chi connectivity index (χ0n) is 9.45. The average Bonchev–Trinajstić information content (AvgIpc) is 2.36. The van der Waals surface area contributed by atoms with Gasteiger partial charge in [0.1, 0.15) is 11.6 Å². The molecule has 0 aliphatic rings. The predicted octanol–water partition coefficient (Wildman–Crippen LogP) is 4.09. The minimum atomic E-state index is -0.638. The van der Waals surface area contributed by atoms with Gasteiger partial charge in [-0.1, -0.05) is 23.2 Å². The summed E-state index contributed by atoms with van der Waals surface area (Å²) >= 11 is 11.4. The second kappa shape index (κ2) is 5.47. The number of rotatable bonds is 2. The molecule has 0 aliphatic heterocycles. The van der Waals surface area contributed by atoms with Crippen LogP contribution >= 0.6 is 23.2 Å². The molecule has 0 heterocycles. The Kier molecular flexibility index (Phi) is 3.93. The van der Waals surface area contributed by atoms with E-state index in [0.29, 0.717) is 0 Å². The molecule has 0 saturated heterocycles. The van der Waals surface area contributed by atoms with Crippen LogP contribution in [-0.2, 0) is 0 Å². The van der Waals surface area contributed by atoms with Gasteiger partial charge in [0.05, 0.1) is 15.6 Å². The molecule has 0 bridgehead atoms. The lowest BCUT2D eigenvalue weighted by Gasteiger charge is -2.07.